The quantitative estimate of drug-likeness (QED) is 0.523. The molecule has 0 aliphatic rings. The Morgan fingerprint density at radius 1 is 1.25 bits per heavy atom. The summed E-state index contributed by atoms with van der Waals surface area (Å²) < 4.78 is 0. The van der Waals surface area contributed by atoms with Crippen molar-refractivity contribution in [3.05, 3.63) is 35.9 Å². The van der Waals surface area contributed by atoms with Gasteiger partial charge in [-0.3, -0.25) is 4.90 Å². The van der Waals surface area contributed by atoms with E-state index < -0.39 is 0 Å². The number of nitrogens with zero attached hydrogens (tertiary/aromatic N) is 1. The molecule has 3 nitrogen and oxygen atoms in total. The first-order valence-corrected chi connectivity index (χ1v) is 3.86. The Balaban J connectivity index is 2.80. The molecule has 0 bridgehead atoms. The predicted octanol–water partition coefficient (Wildman–Crippen LogP) is 1.23. The molecule has 0 aliphatic carbocycles. The monoisotopic (exact) mass is 166 g/mol. The molecule has 1 unspecified atom stereocenters. The zero-order valence-corrected chi connectivity index (χ0v) is 7.36. The van der Waals surface area contributed by atoms with Crippen molar-refractivity contribution in [1.29, 1.82) is 0 Å². The summed E-state index contributed by atoms with van der Waals surface area (Å²) >= 11 is 0. The average Bonchev–Trinajstić information content (AvgIpc) is 2.07. The lowest BCUT2D eigenvalue weighted by Crippen LogP contribution is -2.30. The van der Waals surface area contributed by atoms with Crippen LogP contribution in [0.2, 0.25) is 0 Å². The lowest BCUT2D eigenvalue weighted by Gasteiger charge is -2.22. The van der Waals surface area contributed by atoms with Gasteiger partial charge in [0, 0.05) is 0 Å². The van der Waals surface area contributed by atoms with Gasteiger partial charge in [0.2, 0.25) is 0 Å². The Morgan fingerprint density at radius 3 is 2.25 bits per heavy atom. The largest absolute Gasteiger partial charge is 0.315 e. The van der Waals surface area contributed by atoms with Crippen LogP contribution in [0, 0.1) is 0 Å². The molecule has 0 saturated heterocycles. The molecule has 0 spiro atoms. The Bertz CT molecular complexity index is 223. The number of hydroxylamine groups is 1. The molecule has 0 aliphatic heterocycles. The molecular formula is C9H14N2O. The van der Waals surface area contributed by atoms with Crippen LogP contribution >= 0.6 is 0 Å². The first-order chi connectivity index (χ1) is 5.75. The third kappa shape index (κ3) is 2.04. The average molecular weight is 166 g/mol. The van der Waals surface area contributed by atoms with Gasteiger partial charge in [-0.15, -0.1) is 0 Å². The van der Waals surface area contributed by atoms with E-state index in [2.05, 4.69) is 5.48 Å². The van der Waals surface area contributed by atoms with E-state index in [0.717, 1.165) is 5.56 Å². The molecule has 1 rings (SSSR count). The minimum absolute atomic E-state index is 0.133. The van der Waals surface area contributed by atoms with Crippen molar-refractivity contribution in [2.24, 2.45) is 0 Å². The molecule has 0 amide bonds. The van der Waals surface area contributed by atoms with Crippen LogP contribution in [0.1, 0.15) is 11.7 Å². The summed E-state index contributed by atoms with van der Waals surface area (Å²) in [5.74, 6) is 0. The smallest absolute Gasteiger partial charge is 0.109 e. The van der Waals surface area contributed by atoms with E-state index in [1.54, 1.807) is 0 Å². The van der Waals surface area contributed by atoms with Crippen LogP contribution in [-0.4, -0.2) is 24.2 Å². The van der Waals surface area contributed by atoms with E-state index in [1.807, 2.05) is 49.3 Å². The maximum atomic E-state index is 8.86. The highest BCUT2D eigenvalue weighted by molar-refractivity contribution is 5.17. The van der Waals surface area contributed by atoms with Gasteiger partial charge in [-0.05, 0) is 19.7 Å². The molecule has 12 heavy (non-hydrogen) atoms. The number of hydrogen-bond acceptors (Lipinski definition) is 3. The van der Waals surface area contributed by atoms with Crippen LogP contribution in [0.5, 0.6) is 0 Å². The molecule has 0 aromatic heterocycles. The van der Waals surface area contributed by atoms with E-state index in [4.69, 9.17) is 5.21 Å². The fraction of sp³-hybridized carbons (Fsp3) is 0.333. The van der Waals surface area contributed by atoms with E-state index in [0.29, 0.717) is 0 Å². The summed E-state index contributed by atoms with van der Waals surface area (Å²) in [6.45, 7) is 0. The van der Waals surface area contributed by atoms with Gasteiger partial charge in [0.25, 0.3) is 0 Å². The van der Waals surface area contributed by atoms with Crippen molar-refractivity contribution < 1.29 is 5.21 Å². The van der Waals surface area contributed by atoms with Gasteiger partial charge < -0.3 is 5.21 Å². The van der Waals surface area contributed by atoms with E-state index in [9.17, 15) is 0 Å². The highest BCUT2D eigenvalue weighted by Crippen LogP contribution is 2.12. The van der Waals surface area contributed by atoms with Crippen LogP contribution in [0.25, 0.3) is 0 Å². The maximum absolute atomic E-state index is 8.86. The lowest BCUT2D eigenvalue weighted by atomic mass is 10.2. The van der Waals surface area contributed by atoms with E-state index in [1.165, 1.54) is 0 Å². The maximum Gasteiger partial charge on any atom is 0.109 e. The van der Waals surface area contributed by atoms with Crippen molar-refractivity contribution >= 4 is 0 Å². The molecule has 0 heterocycles. The molecule has 1 aromatic carbocycles. The van der Waals surface area contributed by atoms with Gasteiger partial charge in [0.05, 0.1) is 0 Å². The molecule has 0 fully saturated rings. The molecule has 0 saturated carbocycles. The minimum atomic E-state index is -0.133. The van der Waals surface area contributed by atoms with E-state index >= 15 is 0 Å². The van der Waals surface area contributed by atoms with Crippen molar-refractivity contribution in [3.8, 4) is 0 Å². The summed E-state index contributed by atoms with van der Waals surface area (Å²) in [5.41, 5.74) is 3.29. The number of nitrogens with one attached hydrogen (secondary N) is 1. The fourth-order valence-electron chi connectivity index (χ4n) is 1.12. The van der Waals surface area contributed by atoms with Crippen LogP contribution in [0.3, 0.4) is 0 Å². The molecule has 1 aromatic rings. The Kier molecular flexibility index (Phi) is 3.22. The zero-order chi connectivity index (χ0) is 8.97. The summed E-state index contributed by atoms with van der Waals surface area (Å²) in [4.78, 5) is 1.90. The van der Waals surface area contributed by atoms with Gasteiger partial charge >= 0.3 is 0 Å². The normalized spacial score (nSPS) is 13.3. The van der Waals surface area contributed by atoms with Gasteiger partial charge in [-0.1, -0.05) is 30.3 Å². The number of benzene rings is 1. The molecule has 0 radical (unpaired) electrons. The highest BCUT2D eigenvalue weighted by Gasteiger charge is 2.10. The van der Waals surface area contributed by atoms with Crippen LogP contribution in [-0.2, 0) is 0 Å². The molecular weight excluding hydrogens is 152 g/mol. The lowest BCUT2D eigenvalue weighted by molar-refractivity contribution is 0.0578. The highest BCUT2D eigenvalue weighted by atomic mass is 16.5. The molecule has 1 atom stereocenters. The summed E-state index contributed by atoms with van der Waals surface area (Å²) in [6, 6.07) is 9.78. The molecule has 2 N–H and O–H groups in total. The number of rotatable bonds is 3. The predicted molar refractivity (Wildman–Crippen MR) is 47.8 cm³/mol. The van der Waals surface area contributed by atoms with Gasteiger partial charge in [0.1, 0.15) is 6.17 Å². The second kappa shape index (κ2) is 4.21. The Hall–Kier alpha value is -0.900. The topological polar surface area (TPSA) is 35.5 Å². The first kappa shape index (κ1) is 9.19. The van der Waals surface area contributed by atoms with Crippen molar-refractivity contribution in [1.82, 2.24) is 10.4 Å². The standard InChI is InChI=1S/C9H14N2O/c1-11(2)9(10-12)8-6-4-3-5-7-8/h3-7,9-10,12H,1-2H3. The third-order valence-electron chi connectivity index (χ3n) is 1.75. The van der Waals surface area contributed by atoms with Crippen LogP contribution in [0.15, 0.2) is 30.3 Å². The zero-order valence-electron chi connectivity index (χ0n) is 7.36. The summed E-state index contributed by atoms with van der Waals surface area (Å²) in [6.07, 6.45) is -0.133. The van der Waals surface area contributed by atoms with Gasteiger partial charge in [-0.2, -0.15) is 5.48 Å². The second-order valence-electron chi connectivity index (χ2n) is 2.91. The third-order valence-corrected chi connectivity index (χ3v) is 1.75. The second-order valence-corrected chi connectivity index (χ2v) is 2.91. The van der Waals surface area contributed by atoms with E-state index in [-0.39, 0.29) is 6.17 Å². The Morgan fingerprint density at radius 2 is 1.83 bits per heavy atom. The van der Waals surface area contributed by atoms with Crippen molar-refractivity contribution in [2.75, 3.05) is 14.1 Å². The summed E-state index contributed by atoms with van der Waals surface area (Å²) in [5, 5.41) is 8.86. The summed E-state index contributed by atoms with van der Waals surface area (Å²) in [7, 11) is 3.81. The van der Waals surface area contributed by atoms with Gasteiger partial charge in [-0.25, -0.2) is 0 Å². The van der Waals surface area contributed by atoms with Crippen molar-refractivity contribution in [3.63, 3.8) is 0 Å². The fourth-order valence-corrected chi connectivity index (χ4v) is 1.12. The molecule has 66 valence electrons. The molecule has 3 heteroatoms. The SMILES string of the molecule is CN(C)C(NO)c1ccccc1. The number of hydrogen-bond donors (Lipinski definition) is 2. The first-order valence-electron chi connectivity index (χ1n) is 3.86. The van der Waals surface area contributed by atoms with Crippen LogP contribution in [0.4, 0.5) is 0 Å². The van der Waals surface area contributed by atoms with Crippen LogP contribution < -0.4 is 5.48 Å². The minimum Gasteiger partial charge on any atom is -0.315 e. The van der Waals surface area contributed by atoms with Gasteiger partial charge in [0.15, 0.2) is 0 Å². The Labute approximate surface area is 72.6 Å². The van der Waals surface area contributed by atoms with Crippen molar-refractivity contribution in [2.45, 2.75) is 6.17 Å².